The van der Waals surface area contributed by atoms with Gasteiger partial charge in [-0.15, -0.1) is 0 Å². The van der Waals surface area contributed by atoms with Crippen molar-refractivity contribution in [1.82, 2.24) is 0 Å². The number of rotatable bonds is 5. The highest BCUT2D eigenvalue weighted by Gasteiger charge is 2.16. The molecular formula is C12H19NO3S. The highest BCUT2D eigenvalue weighted by atomic mass is 32.2. The molecular weight excluding hydrogens is 238 g/mol. The topological polar surface area (TPSA) is 80.4 Å². The minimum absolute atomic E-state index is 0.0998. The van der Waals surface area contributed by atoms with Crippen LogP contribution in [0.4, 0.5) is 0 Å². The summed E-state index contributed by atoms with van der Waals surface area (Å²) in [6.45, 7) is 4.02. The molecule has 1 aromatic carbocycles. The quantitative estimate of drug-likeness (QED) is 0.834. The fourth-order valence-corrected chi connectivity index (χ4v) is 2.62. The van der Waals surface area contributed by atoms with Gasteiger partial charge in [0, 0.05) is 0 Å². The van der Waals surface area contributed by atoms with Gasteiger partial charge < -0.3 is 5.11 Å². The highest BCUT2D eigenvalue weighted by molar-refractivity contribution is 7.89. The molecule has 0 aromatic heterocycles. The summed E-state index contributed by atoms with van der Waals surface area (Å²) in [5.41, 5.74) is 0.572. The largest absolute Gasteiger partial charge is 0.393 e. The van der Waals surface area contributed by atoms with Gasteiger partial charge in [-0.1, -0.05) is 32.0 Å². The van der Waals surface area contributed by atoms with Crippen molar-refractivity contribution in [3.05, 3.63) is 29.8 Å². The second-order valence-corrected chi connectivity index (χ2v) is 6.17. The van der Waals surface area contributed by atoms with Crippen LogP contribution in [0.1, 0.15) is 25.8 Å². The number of hydrogen-bond donors (Lipinski definition) is 2. The van der Waals surface area contributed by atoms with Crippen LogP contribution in [0.25, 0.3) is 0 Å². The number of aliphatic hydroxyl groups excluding tert-OH is 1. The Hall–Kier alpha value is -0.910. The van der Waals surface area contributed by atoms with Crippen LogP contribution in [0, 0.1) is 5.92 Å². The van der Waals surface area contributed by atoms with E-state index in [1.165, 1.54) is 6.07 Å². The Kier molecular flexibility index (Phi) is 4.68. The Labute approximate surface area is 103 Å². The van der Waals surface area contributed by atoms with Crippen LogP contribution >= 0.6 is 0 Å². The van der Waals surface area contributed by atoms with Crippen LogP contribution in [-0.2, 0) is 16.4 Å². The molecule has 0 spiro atoms. The monoisotopic (exact) mass is 257 g/mol. The van der Waals surface area contributed by atoms with E-state index in [1.54, 1.807) is 18.2 Å². The predicted octanol–water partition coefficient (Wildman–Crippen LogP) is 1.28. The third kappa shape index (κ3) is 4.46. The van der Waals surface area contributed by atoms with Crippen molar-refractivity contribution in [3.8, 4) is 0 Å². The van der Waals surface area contributed by atoms with E-state index >= 15 is 0 Å². The van der Waals surface area contributed by atoms with Gasteiger partial charge in [0.15, 0.2) is 0 Å². The second kappa shape index (κ2) is 5.62. The molecule has 5 heteroatoms. The maximum atomic E-state index is 11.4. The fourth-order valence-electron chi connectivity index (χ4n) is 1.83. The normalized spacial score (nSPS) is 13.9. The Balaban J connectivity index is 2.92. The third-order valence-electron chi connectivity index (χ3n) is 2.48. The van der Waals surface area contributed by atoms with E-state index in [4.69, 9.17) is 5.14 Å². The Morgan fingerprint density at radius 3 is 2.41 bits per heavy atom. The highest BCUT2D eigenvalue weighted by Crippen LogP contribution is 2.18. The van der Waals surface area contributed by atoms with Crippen molar-refractivity contribution in [1.29, 1.82) is 0 Å². The Bertz CT molecular complexity index is 468. The van der Waals surface area contributed by atoms with E-state index in [2.05, 4.69) is 0 Å². The number of primary sulfonamides is 1. The van der Waals surface area contributed by atoms with Gasteiger partial charge in [0.2, 0.25) is 10.0 Å². The average Bonchev–Trinajstić information content (AvgIpc) is 2.15. The van der Waals surface area contributed by atoms with Gasteiger partial charge in [-0.3, -0.25) is 0 Å². The standard InChI is InChI=1S/C12H19NO3S/c1-9(2)7-11(14)8-10-5-3-4-6-12(10)17(13,15)16/h3-6,9,11,14H,7-8H2,1-2H3,(H2,13,15,16). The molecule has 0 aliphatic heterocycles. The lowest BCUT2D eigenvalue weighted by molar-refractivity contribution is 0.148. The summed E-state index contributed by atoms with van der Waals surface area (Å²) in [6, 6.07) is 6.51. The van der Waals surface area contributed by atoms with Gasteiger partial charge in [0.05, 0.1) is 11.0 Å². The van der Waals surface area contributed by atoms with Crippen LogP contribution in [0.2, 0.25) is 0 Å². The summed E-state index contributed by atoms with van der Waals surface area (Å²) in [5.74, 6) is 0.367. The molecule has 0 aliphatic carbocycles. The zero-order chi connectivity index (χ0) is 13.1. The van der Waals surface area contributed by atoms with Crippen LogP contribution < -0.4 is 5.14 Å². The summed E-state index contributed by atoms with van der Waals surface area (Å²) in [4.78, 5) is 0.0998. The van der Waals surface area contributed by atoms with Gasteiger partial charge in [-0.25, -0.2) is 13.6 Å². The van der Waals surface area contributed by atoms with Crippen molar-refractivity contribution in [3.63, 3.8) is 0 Å². The van der Waals surface area contributed by atoms with E-state index < -0.39 is 16.1 Å². The minimum Gasteiger partial charge on any atom is -0.393 e. The predicted molar refractivity (Wildman–Crippen MR) is 67.0 cm³/mol. The van der Waals surface area contributed by atoms with Crippen LogP contribution in [0.3, 0.4) is 0 Å². The van der Waals surface area contributed by atoms with Gasteiger partial charge in [-0.05, 0) is 30.4 Å². The van der Waals surface area contributed by atoms with Crippen molar-refractivity contribution >= 4 is 10.0 Å². The second-order valence-electron chi connectivity index (χ2n) is 4.64. The molecule has 4 nitrogen and oxygen atoms in total. The SMILES string of the molecule is CC(C)CC(O)Cc1ccccc1S(N)(=O)=O. The van der Waals surface area contributed by atoms with Crippen LogP contribution in [0.5, 0.6) is 0 Å². The molecule has 0 saturated heterocycles. The van der Waals surface area contributed by atoms with Gasteiger partial charge in [0.1, 0.15) is 0 Å². The zero-order valence-electron chi connectivity index (χ0n) is 10.1. The molecule has 17 heavy (non-hydrogen) atoms. The smallest absolute Gasteiger partial charge is 0.238 e. The van der Waals surface area contributed by atoms with Crippen molar-refractivity contribution < 1.29 is 13.5 Å². The summed E-state index contributed by atoms with van der Waals surface area (Å²) >= 11 is 0. The summed E-state index contributed by atoms with van der Waals surface area (Å²) in [5, 5.41) is 15.0. The lowest BCUT2D eigenvalue weighted by Crippen LogP contribution is -2.18. The van der Waals surface area contributed by atoms with E-state index in [-0.39, 0.29) is 4.90 Å². The Morgan fingerprint density at radius 1 is 1.29 bits per heavy atom. The van der Waals surface area contributed by atoms with Gasteiger partial charge in [-0.2, -0.15) is 0 Å². The number of aliphatic hydroxyl groups is 1. The molecule has 0 aliphatic rings. The molecule has 0 amide bonds. The van der Waals surface area contributed by atoms with Gasteiger partial charge >= 0.3 is 0 Å². The molecule has 0 fully saturated rings. The molecule has 0 heterocycles. The zero-order valence-corrected chi connectivity index (χ0v) is 10.9. The summed E-state index contributed by atoms with van der Waals surface area (Å²) in [7, 11) is -3.72. The molecule has 1 rings (SSSR count). The molecule has 1 unspecified atom stereocenters. The fraction of sp³-hybridized carbons (Fsp3) is 0.500. The lowest BCUT2D eigenvalue weighted by Gasteiger charge is -2.14. The molecule has 96 valence electrons. The van der Waals surface area contributed by atoms with Crippen molar-refractivity contribution in [2.45, 2.75) is 37.7 Å². The van der Waals surface area contributed by atoms with Crippen molar-refractivity contribution in [2.75, 3.05) is 0 Å². The van der Waals surface area contributed by atoms with E-state index in [0.717, 1.165) is 0 Å². The van der Waals surface area contributed by atoms with Gasteiger partial charge in [0.25, 0.3) is 0 Å². The molecule has 0 saturated carbocycles. The number of benzene rings is 1. The first-order chi connectivity index (χ1) is 7.80. The van der Waals surface area contributed by atoms with E-state index in [0.29, 0.717) is 24.3 Å². The van der Waals surface area contributed by atoms with Crippen LogP contribution in [-0.4, -0.2) is 19.6 Å². The molecule has 3 N–H and O–H groups in total. The van der Waals surface area contributed by atoms with Crippen molar-refractivity contribution in [2.24, 2.45) is 11.1 Å². The maximum absolute atomic E-state index is 11.4. The molecule has 0 bridgehead atoms. The number of nitrogens with two attached hydrogens (primary N) is 1. The molecule has 1 atom stereocenters. The first kappa shape index (κ1) is 14.2. The molecule has 1 aromatic rings. The lowest BCUT2D eigenvalue weighted by atomic mass is 10.00. The van der Waals surface area contributed by atoms with E-state index in [9.17, 15) is 13.5 Å². The minimum atomic E-state index is -3.72. The first-order valence-electron chi connectivity index (χ1n) is 5.59. The van der Waals surface area contributed by atoms with Crippen LogP contribution in [0.15, 0.2) is 29.2 Å². The maximum Gasteiger partial charge on any atom is 0.238 e. The Morgan fingerprint density at radius 2 is 1.88 bits per heavy atom. The third-order valence-corrected chi connectivity index (χ3v) is 3.49. The summed E-state index contributed by atoms with van der Waals surface area (Å²) in [6.07, 6.45) is 0.405. The number of hydrogen-bond acceptors (Lipinski definition) is 3. The average molecular weight is 257 g/mol. The first-order valence-corrected chi connectivity index (χ1v) is 7.14. The molecule has 0 radical (unpaired) electrons. The number of sulfonamides is 1. The van der Waals surface area contributed by atoms with E-state index in [1.807, 2.05) is 13.8 Å². The summed E-state index contributed by atoms with van der Waals surface area (Å²) < 4.78 is 22.7.